The van der Waals surface area contributed by atoms with Crippen molar-refractivity contribution in [3.63, 3.8) is 0 Å². The van der Waals surface area contributed by atoms with E-state index in [2.05, 4.69) is 179 Å². The zero-order valence-corrected chi connectivity index (χ0v) is 35.5. The maximum atomic E-state index is 5.66. The van der Waals surface area contributed by atoms with Gasteiger partial charge in [-0.05, 0) is 113 Å². The molecule has 0 spiro atoms. The molecule has 10 aromatic rings. The molecular weight excluding hydrogens is 878 g/mol. The van der Waals surface area contributed by atoms with Crippen LogP contribution < -0.4 is 4.98 Å². The maximum Gasteiger partial charge on any atom is 2.00 e. The summed E-state index contributed by atoms with van der Waals surface area (Å²) in [7, 11) is 0. The van der Waals surface area contributed by atoms with Crippen LogP contribution in [0.15, 0.2) is 121 Å². The first kappa shape index (κ1) is 36.8. The molecule has 4 aromatic heterocycles. The third-order valence-corrected chi connectivity index (χ3v) is 11.7. The molecule has 0 atom stereocenters. The van der Waals surface area contributed by atoms with Crippen molar-refractivity contribution in [2.45, 2.75) is 60.3 Å². The van der Waals surface area contributed by atoms with Crippen LogP contribution in [-0.2, 0) is 21.1 Å². The first-order valence-corrected chi connectivity index (χ1v) is 19.7. The van der Waals surface area contributed by atoms with Gasteiger partial charge in [-0.1, -0.05) is 111 Å². The average molecular weight is 921 g/mol. The van der Waals surface area contributed by atoms with Gasteiger partial charge in [-0.3, -0.25) is 4.57 Å². The van der Waals surface area contributed by atoms with E-state index in [0.29, 0.717) is 11.8 Å². The summed E-state index contributed by atoms with van der Waals surface area (Å²) in [6.07, 6.45) is 1.90. The van der Waals surface area contributed by atoms with E-state index in [1.165, 1.54) is 38.4 Å². The first-order chi connectivity index (χ1) is 27.2. The van der Waals surface area contributed by atoms with Gasteiger partial charge in [-0.2, -0.15) is 0 Å². The summed E-state index contributed by atoms with van der Waals surface area (Å²) in [5, 5.41) is 4.79. The Kier molecular flexibility index (Phi) is 9.05. The molecule has 0 saturated heterocycles. The molecule has 4 heterocycles. The molecule has 0 aliphatic rings. The molecule has 282 valence electrons. The van der Waals surface area contributed by atoms with Gasteiger partial charge in [0.25, 0.3) is 0 Å². The fourth-order valence-electron chi connectivity index (χ4n) is 8.88. The Bertz CT molecular complexity index is 3180. The van der Waals surface area contributed by atoms with E-state index in [-0.39, 0.29) is 21.1 Å². The monoisotopic (exact) mass is 920 g/mol. The number of para-hydroxylation sites is 3. The molecule has 57 heavy (non-hydrogen) atoms. The normalized spacial score (nSPS) is 11.9. The van der Waals surface area contributed by atoms with Crippen molar-refractivity contribution in [1.82, 2.24) is 24.1 Å². The summed E-state index contributed by atoms with van der Waals surface area (Å²) in [4.78, 5) is 16.0. The number of aromatic nitrogens is 5. The molecule has 0 unspecified atom stereocenters. The molecule has 0 fully saturated rings. The van der Waals surface area contributed by atoms with Crippen molar-refractivity contribution in [2.24, 2.45) is 0 Å². The van der Waals surface area contributed by atoms with Crippen LogP contribution in [0.1, 0.15) is 67.3 Å². The molecule has 0 amide bonds. The Morgan fingerprint density at radius 1 is 0.667 bits per heavy atom. The Morgan fingerprint density at radius 3 is 2.23 bits per heavy atom. The molecule has 10 rings (SSSR count). The Morgan fingerprint density at radius 2 is 1.44 bits per heavy atom. The van der Waals surface area contributed by atoms with Crippen LogP contribution in [0.3, 0.4) is 0 Å². The van der Waals surface area contributed by atoms with Gasteiger partial charge in [-0.15, -0.1) is 34.8 Å². The number of imidazole rings is 1. The summed E-state index contributed by atoms with van der Waals surface area (Å²) in [5.74, 6) is 2.46. The largest absolute Gasteiger partial charge is 2.00 e. The number of nitrogens with zero attached hydrogens (tertiary/aromatic N) is 5. The summed E-state index contributed by atoms with van der Waals surface area (Å²) in [5.41, 5.74) is 16.5. The summed E-state index contributed by atoms with van der Waals surface area (Å²) < 4.78 is 4.60. The van der Waals surface area contributed by atoms with Gasteiger partial charge < -0.3 is 9.55 Å². The standard InChI is InChI=1S/C51H43N5.Pt/c1-29(2)39-28-41(49-47(46(39)30(3)4)40-26-31(5)20-23-42(40)53-49)51-54-48-36(17-13-19-44(48)55(51)35-14-9-8-10-15-35)34-21-22-38-37-16-11-12-18-43(37)56(45(38)27-34)50-33(7)32(6)24-25-52-50;/h8-26,28-30H,1-7H3;/q-2;+2. The second kappa shape index (κ2) is 14.0. The van der Waals surface area contributed by atoms with Gasteiger partial charge >= 0.3 is 21.1 Å². The van der Waals surface area contributed by atoms with Crippen LogP contribution in [0, 0.1) is 26.8 Å². The molecule has 5 nitrogen and oxygen atoms in total. The maximum absolute atomic E-state index is 5.66. The number of hydrogen-bond acceptors (Lipinski definition) is 2. The molecule has 0 aliphatic heterocycles. The van der Waals surface area contributed by atoms with Gasteiger partial charge in [-0.25, -0.2) is 9.97 Å². The molecular formula is C51H43N5Pt. The fraction of sp³-hybridized carbons (Fsp3) is 0.176. The van der Waals surface area contributed by atoms with Crippen molar-refractivity contribution in [3.8, 4) is 34.0 Å². The van der Waals surface area contributed by atoms with Gasteiger partial charge in [0, 0.05) is 23.0 Å². The predicted octanol–water partition coefficient (Wildman–Crippen LogP) is 13.1. The molecule has 0 N–H and O–H groups in total. The predicted molar refractivity (Wildman–Crippen MR) is 234 cm³/mol. The van der Waals surface area contributed by atoms with E-state index in [1.807, 2.05) is 6.20 Å². The van der Waals surface area contributed by atoms with Crippen LogP contribution >= 0.6 is 0 Å². The van der Waals surface area contributed by atoms with Crippen LogP contribution in [0.4, 0.5) is 0 Å². The second-order valence-corrected chi connectivity index (χ2v) is 15.9. The van der Waals surface area contributed by atoms with Gasteiger partial charge in [0.05, 0.1) is 11.0 Å². The van der Waals surface area contributed by atoms with Gasteiger partial charge in [0.1, 0.15) is 11.6 Å². The van der Waals surface area contributed by atoms with Crippen molar-refractivity contribution in [2.75, 3.05) is 0 Å². The topological polar surface area (TPSA) is 49.7 Å². The Balaban J connectivity index is 0.00000422. The number of fused-ring (bicyclic) bond motifs is 7. The van der Waals surface area contributed by atoms with Crippen LogP contribution in [0.25, 0.3) is 88.7 Å². The van der Waals surface area contributed by atoms with E-state index >= 15 is 0 Å². The average Bonchev–Trinajstić information content (AvgIpc) is 3.88. The van der Waals surface area contributed by atoms with E-state index in [9.17, 15) is 0 Å². The molecule has 0 radical (unpaired) electrons. The van der Waals surface area contributed by atoms with Crippen molar-refractivity contribution in [3.05, 3.63) is 155 Å². The SMILES string of the molecule is Cc1ccc2[n-]c3c(-c4nc5c(-c6[c-]c7c(cc6)c6ccccc6n7-c6nccc(C)c6C)cccc5n4-c4ccccc4)cc(C(C)C)c(C(C)C)c3c2c1.[Pt+2]. The minimum absolute atomic E-state index is 0. The Labute approximate surface area is 347 Å². The third-order valence-electron chi connectivity index (χ3n) is 11.7. The van der Waals surface area contributed by atoms with Crippen molar-refractivity contribution < 1.29 is 21.1 Å². The number of aryl methyl sites for hydroxylation is 2. The van der Waals surface area contributed by atoms with Gasteiger partial charge in [0.15, 0.2) is 0 Å². The van der Waals surface area contributed by atoms with Crippen molar-refractivity contribution >= 4 is 54.6 Å². The van der Waals surface area contributed by atoms with Gasteiger partial charge in [0.2, 0.25) is 0 Å². The molecule has 6 aromatic carbocycles. The van der Waals surface area contributed by atoms with E-state index in [1.54, 1.807) is 0 Å². The number of hydrogen-bond donors (Lipinski definition) is 0. The third kappa shape index (κ3) is 5.70. The van der Waals surface area contributed by atoms with E-state index in [4.69, 9.17) is 15.0 Å². The fourth-order valence-corrected chi connectivity index (χ4v) is 8.88. The minimum atomic E-state index is 0. The zero-order valence-electron chi connectivity index (χ0n) is 33.3. The summed E-state index contributed by atoms with van der Waals surface area (Å²) in [6.45, 7) is 15.7. The minimum Gasteiger partial charge on any atom is -0.656 e. The van der Waals surface area contributed by atoms with Crippen LogP contribution in [0.5, 0.6) is 0 Å². The summed E-state index contributed by atoms with van der Waals surface area (Å²) in [6, 6.07) is 45.2. The smallest absolute Gasteiger partial charge is 0.656 e. The number of pyridine rings is 1. The first-order valence-electron chi connectivity index (χ1n) is 19.7. The number of rotatable bonds is 6. The number of benzene rings is 6. The van der Waals surface area contributed by atoms with E-state index in [0.717, 1.165) is 78.1 Å². The Hall–Kier alpha value is -5.77. The quantitative estimate of drug-likeness (QED) is 0.156. The zero-order chi connectivity index (χ0) is 38.4. The van der Waals surface area contributed by atoms with E-state index < -0.39 is 0 Å². The van der Waals surface area contributed by atoms with Crippen molar-refractivity contribution in [1.29, 1.82) is 0 Å². The molecule has 0 aliphatic carbocycles. The molecule has 0 bridgehead atoms. The molecule has 6 heteroatoms. The molecule has 0 saturated carbocycles. The summed E-state index contributed by atoms with van der Waals surface area (Å²) >= 11 is 0. The van der Waals surface area contributed by atoms with Crippen LogP contribution in [-0.4, -0.2) is 19.1 Å². The second-order valence-electron chi connectivity index (χ2n) is 15.9. The van der Waals surface area contributed by atoms with Crippen LogP contribution in [0.2, 0.25) is 0 Å².